The van der Waals surface area contributed by atoms with Crippen molar-refractivity contribution in [2.45, 2.75) is 25.8 Å². The van der Waals surface area contributed by atoms with E-state index in [1.54, 1.807) is 0 Å². The normalized spacial score (nSPS) is 17.0. The molecule has 1 aliphatic rings. The highest BCUT2D eigenvalue weighted by Gasteiger charge is 2.24. The van der Waals surface area contributed by atoms with Crippen LogP contribution in [0.15, 0.2) is 48.5 Å². The molecule has 0 aliphatic carbocycles. The summed E-state index contributed by atoms with van der Waals surface area (Å²) in [6.45, 7) is 3.01. The SMILES string of the molecule is Cc1ccccc1CC(=O)NC1CCN(C)c2ccccc21. The maximum absolute atomic E-state index is 12.4. The Bertz CT molecular complexity index is 681. The van der Waals surface area contributed by atoms with E-state index in [9.17, 15) is 4.79 Å². The molecule has 0 fully saturated rings. The third-order valence-corrected chi connectivity index (χ3v) is 4.42. The number of hydrogen-bond acceptors (Lipinski definition) is 2. The molecule has 114 valence electrons. The van der Waals surface area contributed by atoms with Crippen molar-refractivity contribution >= 4 is 11.6 Å². The number of carbonyl (C=O) groups is 1. The molecule has 1 unspecified atom stereocenters. The standard InChI is InChI=1S/C19H22N2O/c1-14-7-3-4-8-15(14)13-19(22)20-17-11-12-21(2)18-10-6-5-9-16(17)18/h3-10,17H,11-13H2,1-2H3,(H,20,22). The van der Waals surface area contributed by atoms with E-state index in [1.165, 1.54) is 16.8 Å². The molecular weight excluding hydrogens is 272 g/mol. The van der Waals surface area contributed by atoms with Crippen molar-refractivity contribution in [3.05, 3.63) is 65.2 Å². The molecule has 1 atom stereocenters. The summed E-state index contributed by atoms with van der Waals surface area (Å²) in [4.78, 5) is 14.6. The fourth-order valence-corrected chi connectivity index (χ4v) is 3.11. The molecule has 0 bridgehead atoms. The van der Waals surface area contributed by atoms with Crippen LogP contribution in [0.3, 0.4) is 0 Å². The van der Waals surface area contributed by atoms with Crippen LogP contribution in [-0.4, -0.2) is 19.5 Å². The van der Waals surface area contributed by atoms with E-state index in [4.69, 9.17) is 0 Å². The highest BCUT2D eigenvalue weighted by Crippen LogP contribution is 2.32. The van der Waals surface area contributed by atoms with Crippen molar-refractivity contribution in [3.63, 3.8) is 0 Å². The van der Waals surface area contributed by atoms with Gasteiger partial charge in [-0.05, 0) is 36.1 Å². The van der Waals surface area contributed by atoms with Gasteiger partial charge in [-0.2, -0.15) is 0 Å². The number of aryl methyl sites for hydroxylation is 1. The van der Waals surface area contributed by atoms with E-state index in [2.05, 4.69) is 29.4 Å². The highest BCUT2D eigenvalue weighted by molar-refractivity contribution is 5.80. The molecule has 0 aromatic heterocycles. The number of hydrogen-bond donors (Lipinski definition) is 1. The number of amides is 1. The summed E-state index contributed by atoms with van der Waals surface area (Å²) in [6.07, 6.45) is 1.40. The highest BCUT2D eigenvalue weighted by atomic mass is 16.1. The van der Waals surface area contributed by atoms with Gasteiger partial charge in [0.05, 0.1) is 12.5 Å². The van der Waals surface area contributed by atoms with E-state index in [0.29, 0.717) is 6.42 Å². The van der Waals surface area contributed by atoms with Crippen molar-refractivity contribution in [2.75, 3.05) is 18.5 Å². The minimum atomic E-state index is 0.0960. The smallest absolute Gasteiger partial charge is 0.224 e. The molecule has 3 heteroatoms. The maximum Gasteiger partial charge on any atom is 0.224 e. The lowest BCUT2D eigenvalue weighted by Crippen LogP contribution is -2.37. The second-order valence-corrected chi connectivity index (χ2v) is 5.99. The molecule has 1 aliphatic heterocycles. The van der Waals surface area contributed by atoms with E-state index >= 15 is 0 Å². The second kappa shape index (κ2) is 6.22. The molecule has 3 nitrogen and oxygen atoms in total. The quantitative estimate of drug-likeness (QED) is 0.942. The molecule has 1 N–H and O–H groups in total. The molecule has 0 saturated carbocycles. The second-order valence-electron chi connectivity index (χ2n) is 5.99. The lowest BCUT2D eigenvalue weighted by molar-refractivity contribution is -0.121. The molecular formula is C19H22N2O. The third-order valence-electron chi connectivity index (χ3n) is 4.42. The first-order valence-electron chi connectivity index (χ1n) is 7.79. The van der Waals surface area contributed by atoms with E-state index in [-0.39, 0.29) is 11.9 Å². The van der Waals surface area contributed by atoms with Crippen molar-refractivity contribution < 1.29 is 4.79 Å². The topological polar surface area (TPSA) is 32.3 Å². The molecule has 1 amide bonds. The molecule has 22 heavy (non-hydrogen) atoms. The first-order chi connectivity index (χ1) is 10.6. The predicted octanol–water partition coefficient (Wildman–Crippen LogP) is 3.23. The molecule has 3 rings (SSSR count). The van der Waals surface area contributed by atoms with Crippen LogP contribution < -0.4 is 10.2 Å². The van der Waals surface area contributed by atoms with Gasteiger partial charge in [0.25, 0.3) is 0 Å². The summed E-state index contributed by atoms with van der Waals surface area (Å²) < 4.78 is 0. The number of para-hydroxylation sites is 1. The number of anilines is 1. The van der Waals surface area contributed by atoms with E-state index in [0.717, 1.165) is 18.5 Å². The fraction of sp³-hybridized carbons (Fsp3) is 0.316. The predicted molar refractivity (Wildman–Crippen MR) is 90.1 cm³/mol. The molecule has 0 spiro atoms. The third kappa shape index (κ3) is 2.98. The van der Waals surface area contributed by atoms with Crippen LogP contribution in [0.4, 0.5) is 5.69 Å². The monoisotopic (exact) mass is 294 g/mol. The summed E-state index contributed by atoms with van der Waals surface area (Å²) in [5, 5.41) is 3.21. The first-order valence-corrected chi connectivity index (χ1v) is 7.79. The van der Waals surface area contributed by atoms with Crippen LogP contribution in [0.1, 0.15) is 29.2 Å². The largest absolute Gasteiger partial charge is 0.374 e. The number of benzene rings is 2. The number of fused-ring (bicyclic) bond motifs is 1. The van der Waals surface area contributed by atoms with Crippen molar-refractivity contribution in [2.24, 2.45) is 0 Å². The molecule has 1 heterocycles. The lowest BCUT2D eigenvalue weighted by Gasteiger charge is -2.33. The summed E-state index contributed by atoms with van der Waals surface area (Å²) in [7, 11) is 2.10. The molecule has 2 aromatic rings. The Kier molecular flexibility index (Phi) is 4.14. The Hall–Kier alpha value is -2.29. The van der Waals surface area contributed by atoms with Crippen molar-refractivity contribution in [3.8, 4) is 0 Å². The van der Waals surface area contributed by atoms with Gasteiger partial charge in [0.1, 0.15) is 0 Å². The Morgan fingerprint density at radius 2 is 1.91 bits per heavy atom. The van der Waals surface area contributed by atoms with Gasteiger partial charge >= 0.3 is 0 Å². The maximum atomic E-state index is 12.4. The summed E-state index contributed by atoms with van der Waals surface area (Å²) in [6, 6.07) is 16.5. The van der Waals surface area contributed by atoms with Crippen molar-refractivity contribution in [1.82, 2.24) is 5.32 Å². The molecule has 0 saturated heterocycles. The zero-order valence-corrected chi connectivity index (χ0v) is 13.2. The van der Waals surface area contributed by atoms with Gasteiger partial charge in [-0.3, -0.25) is 4.79 Å². The Balaban J connectivity index is 1.73. The minimum Gasteiger partial charge on any atom is -0.374 e. The van der Waals surface area contributed by atoms with E-state index < -0.39 is 0 Å². The van der Waals surface area contributed by atoms with E-state index in [1.807, 2.05) is 43.3 Å². The number of nitrogens with zero attached hydrogens (tertiary/aromatic N) is 1. The number of rotatable bonds is 3. The first kappa shape index (κ1) is 14.6. The van der Waals surface area contributed by atoms with Crippen molar-refractivity contribution in [1.29, 1.82) is 0 Å². The summed E-state index contributed by atoms with van der Waals surface area (Å²) >= 11 is 0. The summed E-state index contributed by atoms with van der Waals surface area (Å²) in [5.41, 5.74) is 4.70. The van der Waals surface area contributed by atoms with Gasteiger partial charge in [0.15, 0.2) is 0 Å². The average molecular weight is 294 g/mol. The van der Waals surface area contributed by atoms with Gasteiger partial charge in [-0.15, -0.1) is 0 Å². The molecule has 0 radical (unpaired) electrons. The Morgan fingerprint density at radius 3 is 2.73 bits per heavy atom. The van der Waals surface area contributed by atoms with Gasteiger partial charge in [-0.25, -0.2) is 0 Å². The van der Waals surface area contributed by atoms with Crippen LogP contribution in [0.2, 0.25) is 0 Å². The van der Waals surface area contributed by atoms with Crippen LogP contribution in [0.5, 0.6) is 0 Å². The Labute approximate surface area is 132 Å². The van der Waals surface area contributed by atoms with Gasteiger partial charge in [0.2, 0.25) is 5.91 Å². The average Bonchev–Trinajstić information content (AvgIpc) is 2.53. The van der Waals surface area contributed by atoms with Crippen LogP contribution in [0, 0.1) is 6.92 Å². The molecule has 2 aromatic carbocycles. The lowest BCUT2D eigenvalue weighted by atomic mass is 9.96. The number of nitrogens with one attached hydrogen (secondary N) is 1. The van der Waals surface area contributed by atoms with Gasteiger partial charge in [0, 0.05) is 19.3 Å². The van der Waals surface area contributed by atoms with Crippen LogP contribution >= 0.6 is 0 Å². The fourth-order valence-electron chi connectivity index (χ4n) is 3.11. The zero-order chi connectivity index (χ0) is 15.5. The van der Waals surface area contributed by atoms with Gasteiger partial charge < -0.3 is 10.2 Å². The van der Waals surface area contributed by atoms with Gasteiger partial charge in [-0.1, -0.05) is 42.5 Å². The zero-order valence-electron chi connectivity index (χ0n) is 13.2. The Morgan fingerprint density at radius 1 is 1.18 bits per heavy atom. The van der Waals surface area contributed by atoms with Crippen LogP contribution in [-0.2, 0) is 11.2 Å². The van der Waals surface area contributed by atoms with Crippen LogP contribution in [0.25, 0.3) is 0 Å². The summed E-state index contributed by atoms with van der Waals surface area (Å²) in [5.74, 6) is 0.0960. The number of carbonyl (C=O) groups excluding carboxylic acids is 1. The minimum absolute atomic E-state index is 0.0960.